The summed E-state index contributed by atoms with van der Waals surface area (Å²) in [5.41, 5.74) is 5.04. The van der Waals surface area contributed by atoms with Crippen molar-refractivity contribution in [3.63, 3.8) is 0 Å². The lowest BCUT2D eigenvalue weighted by Crippen LogP contribution is -2.31. The average molecular weight is 189 g/mol. The molecule has 0 fully saturated rings. The van der Waals surface area contributed by atoms with E-state index in [1.807, 2.05) is 0 Å². The Hall–Kier alpha value is -1.30. The zero-order valence-electron chi connectivity index (χ0n) is 7.38. The van der Waals surface area contributed by atoms with Crippen molar-refractivity contribution in [2.45, 2.75) is 12.8 Å². The number of guanidine groups is 1. The van der Waals surface area contributed by atoms with Gasteiger partial charge >= 0.3 is 5.97 Å². The summed E-state index contributed by atoms with van der Waals surface area (Å²) in [6.07, 6.45) is 1.56. The fourth-order valence-electron chi connectivity index (χ4n) is 0.712. The molecule has 0 atom stereocenters. The molecule has 5 N–H and O–H groups in total. The fraction of sp³-hybridized carbons (Fsp3) is 0.714. The Bertz CT molecular complexity index is 154. The van der Waals surface area contributed by atoms with E-state index in [4.69, 9.17) is 21.0 Å². The van der Waals surface area contributed by atoms with E-state index in [2.05, 4.69) is 5.32 Å². The maximum Gasteiger partial charge on any atom is 0.329 e. The van der Waals surface area contributed by atoms with Gasteiger partial charge in [-0.15, -0.1) is 0 Å². The van der Waals surface area contributed by atoms with E-state index in [0.29, 0.717) is 13.2 Å². The van der Waals surface area contributed by atoms with Gasteiger partial charge < -0.3 is 20.9 Å². The maximum absolute atomic E-state index is 10.00. The van der Waals surface area contributed by atoms with Gasteiger partial charge in [-0.2, -0.15) is 0 Å². The summed E-state index contributed by atoms with van der Waals surface area (Å²) < 4.78 is 4.79. The van der Waals surface area contributed by atoms with Crippen LogP contribution in [-0.4, -0.2) is 36.8 Å². The number of unbranched alkanes of at least 4 members (excludes halogenated alkanes) is 1. The molecule has 0 saturated carbocycles. The third kappa shape index (κ3) is 10.7. The van der Waals surface area contributed by atoms with Gasteiger partial charge in [-0.1, -0.05) is 0 Å². The molecule has 0 aliphatic carbocycles. The van der Waals surface area contributed by atoms with Crippen molar-refractivity contribution in [1.82, 2.24) is 5.32 Å². The summed E-state index contributed by atoms with van der Waals surface area (Å²) in [5.74, 6) is -1.01. The lowest BCUT2D eigenvalue weighted by Gasteiger charge is -2.03. The number of rotatable bonds is 7. The minimum atomic E-state index is -0.957. The largest absolute Gasteiger partial charge is 0.480 e. The van der Waals surface area contributed by atoms with Crippen molar-refractivity contribution in [2.75, 3.05) is 19.8 Å². The van der Waals surface area contributed by atoms with E-state index < -0.39 is 5.97 Å². The van der Waals surface area contributed by atoms with Gasteiger partial charge in [0.2, 0.25) is 0 Å². The monoisotopic (exact) mass is 189 g/mol. The van der Waals surface area contributed by atoms with Crippen molar-refractivity contribution < 1.29 is 14.6 Å². The van der Waals surface area contributed by atoms with Crippen LogP contribution in [0, 0.1) is 5.41 Å². The van der Waals surface area contributed by atoms with Crippen LogP contribution in [0.3, 0.4) is 0 Å². The highest BCUT2D eigenvalue weighted by atomic mass is 16.5. The normalized spacial score (nSPS) is 9.54. The molecule has 0 aliphatic heterocycles. The molecule has 0 saturated heterocycles. The van der Waals surface area contributed by atoms with Gasteiger partial charge in [0.1, 0.15) is 6.61 Å². The summed E-state index contributed by atoms with van der Waals surface area (Å²) in [7, 11) is 0. The highest BCUT2D eigenvalue weighted by Crippen LogP contribution is 1.88. The highest BCUT2D eigenvalue weighted by molar-refractivity contribution is 5.74. The molecule has 0 aromatic heterocycles. The van der Waals surface area contributed by atoms with Crippen LogP contribution in [-0.2, 0) is 9.53 Å². The van der Waals surface area contributed by atoms with Crippen LogP contribution in [0.25, 0.3) is 0 Å². The Morgan fingerprint density at radius 3 is 2.77 bits per heavy atom. The molecule has 0 spiro atoms. The SMILES string of the molecule is N=C(N)NCCCCOCC(=O)O. The van der Waals surface area contributed by atoms with Gasteiger partial charge in [0.05, 0.1) is 0 Å². The van der Waals surface area contributed by atoms with Crippen molar-refractivity contribution in [2.24, 2.45) is 5.73 Å². The van der Waals surface area contributed by atoms with Crippen LogP contribution in [0.15, 0.2) is 0 Å². The second-order valence-electron chi connectivity index (χ2n) is 2.49. The number of nitrogens with two attached hydrogens (primary N) is 1. The molecule has 0 unspecified atom stereocenters. The first-order valence-electron chi connectivity index (χ1n) is 4.00. The molecule has 0 amide bonds. The minimum Gasteiger partial charge on any atom is -0.480 e. The maximum atomic E-state index is 10.00. The Morgan fingerprint density at radius 1 is 1.54 bits per heavy atom. The molecule has 76 valence electrons. The predicted molar refractivity (Wildman–Crippen MR) is 47.6 cm³/mol. The third-order valence-corrected chi connectivity index (χ3v) is 1.26. The van der Waals surface area contributed by atoms with Crippen molar-refractivity contribution >= 4 is 11.9 Å². The average Bonchev–Trinajstić information content (AvgIpc) is 2.01. The number of carboxylic acid groups (broad SMARTS) is 1. The predicted octanol–water partition coefficient (Wildman–Crippen LogP) is -0.649. The lowest BCUT2D eigenvalue weighted by molar-refractivity contribution is -0.142. The van der Waals surface area contributed by atoms with Crippen LogP contribution in [0.2, 0.25) is 0 Å². The minimum absolute atomic E-state index is 0.0496. The Balaban J connectivity index is 3.00. The van der Waals surface area contributed by atoms with E-state index in [9.17, 15) is 4.79 Å². The first-order chi connectivity index (χ1) is 6.13. The fourth-order valence-corrected chi connectivity index (χ4v) is 0.712. The van der Waals surface area contributed by atoms with E-state index in [1.165, 1.54) is 0 Å². The molecule has 0 rings (SSSR count). The second kappa shape index (κ2) is 7.35. The van der Waals surface area contributed by atoms with E-state index in [0.717, 1.165) is 12.8 Å². The molecule has 0 bridgehead atoms. The smallest absolute Gasteiger partial charge is 0.329 e. The summed E-state index contributed by atoms with van der Waals surface area (Å²) in [6, 6.07) is 0. The number of hydrogen-bond acceptors (Lipinski definition) is 3. The number of aliphatic carboxylic acids is 1. The summed E-state index contributed by atoms with van der Waals surface area (Å²) in [5, 5.41) is 17.7. The molecule has 6 heteroatoms. The van der Waals surface area contributed by atoms with Crippen LogP contribution >= 0.6 is 0 Å². The summed E-state index contributed by atoms with van der Waals surface area (Å²) in [4.78, 5) is 10.00. The van der Waals surface area contributed by atoms with Gasteiger partial charge in [0.15, 0.2) is 5.96 Å². The van der Waals surface area contributed by atoms with Crippen molar-refractivity contribution in [3.05, 3.63) is 0 Å². The van der Waals surface area contributed by atoms with Crippen LogP contribution in [0.5, 0.6) is 0 Å². The van der Waals surface area contributed by atoms with Crippen LogP contribution in [0.1, 0.15) is 12.8 Å². The first-order valence-corrected chi connectivity index (χ1v) is 4.00. The second-order valence-corrected chi connectivity index (χ2v) is 2.49. The number of carbonyl (C=O) groups is 1. The molecular weight excluding hydrogens is 174 g/mol. The van der Waals surface area contributed by atoms with Crippen LogP contribution in [0.4, 0.5) is 0 Å². The van der Waals surface area contributed by atoms with Gasteiger partial charge in [-0.3, -0.25) is 5.41 Å². The molecule has 0 aliphatic rings. The number of carboxylic acids is 1. The third-order valence-electron chi connectivity index (χ3n) is 1.26. The van der Waals surface area contributed by atoms with Gasteiger partial charge in [0, 0.05) is 13.2 Å². The molecule has 0 radical (unpaired) electrons. The molecule has 13 heavy (non-hydrogen) atoms. The van der Waals surface area contributed by atoms with Gasteiger partial charge in [-0.25, -0.2) is 4.79 Å². The highest BCUT2D eigenvalue weighted by Gasteiger charge is 1.95. The number of hydrogen-bond donors (Lipinski definition) is 4. The van der Waals surface area contributed by atoms with E-state index >= 15 is 0 Å². The van der Waals surface area contributed by atoms with E-state index in [1.54, 1.807) is 0 Å². The standard InChI is InChI=1S/C7H15N3O3/c8-7(9)10-3-1-2-4-13-5-6(11)12/h1-5H2,(H,11,12)(H4,8,9,10). The number of nitrogens with one attached hydrogen (secondary N) is 2. The van der Waals surface area contributed by atoms with Crippen LogP contribution < -0.4 is 11.1 Å². The van der Waals surface area contributed by atoms with Crippen molar-refractivity contribution in [1.29, 1.82) is 5.41 Å². The zero-order chi connectivity index (χ0) is 10.1. The van der Waals surface area contributed by atoms with Gasteiger partial charge in [-0.05, 0) is 12.8 Å². The molecule has 0 aromatic carbocycles. The summed E-state index contributed by atoms with van der Waals surface area (Å²) in [6.45, 7) is 0.789. The zero-order valence-corrected chi connectivity index (χ0v) is 7.38. The molecule has 0 aromatic rings. The van der Waals surface area contributed by atoms with Gasteiger partial charge in [0.25, 0.3) is 0 Å². The number of ether oxygens (including phenoxy) is 1. The first kappa shape index (κ1) is 11.7. The lowest BCUT2D eigenvalue weighted by atomic mass is 10.3. The summed E-state index contributed by atoms with van der Waals surface area (Å²) >= 11 is 0. The molecule has 6 nitrogen and oxygen atoms in total. The Labute approximate surface area is 76.6 Å². The topological polar surface area (TPSA) is 108 Å². The molecular formula is C7H15N3O3. The molecule has 0 heterocycles. The quantitative estimate of drug-likeness (QED) is 0.242. The Morgan fingerprint density at radius 2 is 2.23 bits per heavy atom. The van der Waals surface area contributed by atoms with E-state index in [-0.39, 0.29) is 12.6 Å². The Kier molecular flexibility index (Phi) is 6.62. The van der Waals surface area contributed by atoms with Crippen molar-refractivity contribution in [3.8, 4) is 0 Å².